The zero-order chi connectivity index (χ0) is 22.4. The number of ketones is 1. The quantitative estimate of drug-likeness (QED) is 0.549. The van der Waals surface area contributed by atoms with Crippen molar-refractivity contribution in [3.05, 3.63) is 29.0 Å². The fourth-order valence-corrected chi connectivity index (χ4v) is 4.81. The molecular weight excluding hydrogens is 444 g/mol. The van der Waals surface area contributed by atoms with E-state index < -0.39 is 24.2 Å². The van der Waals surface area contributed by atoms with Crippen LogP contribution in [0.2, 0.25) is 5.02 Å². The van der Waals surface area contributed by atoms with Crippen molar-refractivity contribution in [2.24, 2.45) is 5.92 Å². The van der Waals surface area contributed by atoms with E-state index in [2.05, 4.69) is 15.4 Å². The van der Waals surface area contributed by atoms with Gasteiger partial charge in [-0.1, -0.05) is 11.6 Å². The third-order valence-electron chi connectivity index (χ3n) is 6.18. The second-order valence-electron chi connectivity index (χ2n) is 8.68. The molecule has 170 valence electrons. The Balaban J connectivity index is 1.12. The summed E-state index contributed by atoms with van der Waals surface area (Å²) in [6, 6.07) is 3.91. The van der Waals surface area contributed by atoms with Crippen LogP contribution in [0.25, 0.3) is 0 Å². The third kappa shape index (κ3) is 4.96. The number of rotatable bonds is 9. The van der Waals surface area contributed by atoms with Gasteiger partial charge in [-0.3, -0.25) is 14.3 Å². The van der Waals surface area contributed by atoms with Crippen molar-refractivity contribution in [2.75, 3.05) is 13.2 Å². The molecule has 6 nitrogen and oxygen atoms in total. The van der Waals surface area contributed by atoms with E-state index in [0.29, 0.717) is 19.3 Å². The highest BCUT2D eigenvalue weighted by molar-refractivity contribution is 6.30. The lowest BCUT2D eigenvalue weighted by atomic mass is 9.44. The average molecular weight is 465 g/mol. The van der Waals surface area contributed by atoms with Gasteiger partial charge in [0.1, 0.15) is 17.3 Å². The van der Waals surface area contributed by atoms with E-state index in [9.17, 15) is 27.2 Å². The maximum absolute atomic E-state index is 13.4. The van der Waals surface area contributed by atoms with Gasteiger partial charge in [-0.25, -0.2) is 4.39 Å². The number of benzene rings is 1. The molecule has 31 heavy (non-hydrogen) atoms. The molecule has 0 unspecified atom stereocenters. The molecule has 0 saturated heterocycles. The van der Waals surface area contributed by atoms with E-state index in [0.717, 1.165) is 6.07 Å². The van der Waals surface area contributed by atoms with Crippen molar-refractivity contribution < 1.29 is 36.6 Å². The highest BCUT2D eigenvalue weighted by Gasteiger charge is 2.68. The summed E-state index contributed by atoms with van der Waals surface area (Å²) in [6.45, 7) is -0.163. The second-order valence-corrected chi connectivity index (χ2v) is 9.08. The van der Waals surface area contributed by atoms with Crippen LogP contribution < -0.4 is 15.4 Å². The molecule has 4 fully saturated rings. The van der Waals surface area contributed by atoms with Gasteiger partial charge in [-0.2, -0.15) is 0 Å². The normalized spacial score (nSPS) is 31.1. The number of amides is 1. The van der Waals surface area contributed by atoms with Crippen molar-refractivity contribution in [1.29, 1.82) is 0 Å². The third-order valence-corrected chi connectivity index (χ3v) is 6.49. The van der Waals surface area contributed by atoms with Gasteiger partial charge in [-0.05, 0) is 44.2 Å². The zero-order valence-electron chi connectivity index (χ0n) is 16.4. The summed E-state index contributed by atoms with van der Waals surface area (Å²) in [7, 11) is 0. The lowest BCUT2D eigenvalue weighted by molar-refractivity contribution is -0.353. The van der Waals surface area contributed by atoms with E-state index >= 15 is 0 Å². The maximum atomic E-state index is 13.4. The van der Waals surface area contributed by atoms with Crippen LogP contribution in [0.3, 0.4) is 0 Å². The molecule has 5 rings (SSSR count). The van der Waals surface area contributed by atoms with Gasteiger partial charge in [-0.15, -0.1) is 13.2 Å². The number of carbonyl (C=O) groups excluding carboxylic acids is 2. The Labute approximate surface area is 180 Å². The maximum Gasteiger partial charge on any atom is 0.522 e. The second kappa shape index (κ2) is 7.90. The zero-order valence-corrected chi connectivity index (χ0v) is 17.1. The Morgan fingerprint density at radius 3 is 2.45 bits per heavy atom. The standard InChI is InChI=1S/C20H21ClF4N2O4/c21-14-2-1-12(5-15(14)22)30-7-17(29)27-19-8-18(9-19,10-19)26-6-16(28)11-3-13(4-11)31-20(23,24)25/h1-2,5,11,13,26H,3-4,6-10H2,(H,27,29)/t11-,13+,18?,19?. The topological polar surface area (TPSA) is 76.7 Å². The van der Waals surface area contributed by atoms with Crippen molar-refractivity contribution in [1.82, 2.24) is 10.6 Å². The van der Waals surface area contributed by atoms with E-state index in [1.807, 2.05) is 0 Å². The number of halogens is 5. The highest BCUT2D eigenvalue weighted by Crippen LogP contribution is 2.60. The first-order chi connectivity index (χ1) is 14.5. The van der Waals surface area contributed by atoms with Crippen molar-refractivity contribution in [3.8, 4) is 5.75 Å². The number of carbonyl (C=O) groups is 2. The van der Waals surface area contributed by atoms with Gasteiger partial charge in [0, 0.05) is 23.1 Å². The van der Waals surface area contributed by atoms with Crippen LogP contribution in [-0.4, -0.2) is 48.4 Å². The van der Waals surface area contributed by atoms with Crippen LogP contribution in [0.1, 0.15) is 32.1 Å². The summed E-state index contributed by atoms with van der Waals surface area (Å²) in [4.78, 5) is 24.3. The SMILES string of the molecule is O=C(COc1ccc(Cl)c(F)c1)NC12CC(NCC(=O)[C@H]3C[C@@H](OC(F)(F)F)C3)(C1)C2. The molecule has 4 aliphatic carbocycles. The molecule has 0 aromatic heterocycles. The van der Waals surface area contributed by atoms with Crippen molar-refractivity contribution >= 4 is 23.3 Å². The summed E-state index contributed by atoms with van der Waals surface area (Å²) in [6.07, 6.45) is -3.43. The predicted octanol–water partition coefficient (Wildman–Crippen LogP) is 3.12. The van der Waals surface area contributed by atoms with Crippen LogP contribution in [0.15, 0.2) is 18.2 Å². The first-order valence-corrected chi connectivity index (χ1v) is 10.3. The number of hydrogen-bond donors (Lipinski definition) is 2. The average Bonchev–Trinajstić information content (AvgIpc) is 2.58. The van der Waals surface area contributed by atoms with E-state index in [1.165, 1.54) is 12.1 Å². The minimum atomic E-state index is -4.67. The number of nitrogens with one attached hydrogen (secondary N) is 2. The predicted molar refractivity (Wildman–Crippen MR) is 101 cm³/mol. The summed E-state index contributed by atoms with van der Waals surface area (Å²) in [5.41, 5.74) is -0.543. The van der Waals surface area contributed by atoms with E-state index in [4.69, 9.17) is 16.3 Å². The Hall–Kier alpha value is -1.91. The summed E-state index contributed by atoms with van der Waals surface area (Å²) in [5.74, 6) is -1.29. The van der Waals surface area contributed by atoms with Gasteiger partial charge >= 0.3 is 6.36 Å². The molecule has 0 radical (unpaired) electrons. The molecule has 0 aliphatic heterocycles. The Morgan fingerprint density at radius 2 is 1.84 bits per heavy atom. The van der Waals surface area contributed by atoms with Crippen LogP contribution in [0, 0.1) is 11.7 Å². The van der Waals surface area contributed by atoms with Gasteiger partial charge in [0.2, 0.25) is 0 Å². The molecular formula is C20H21ClF4N2O4. The summed E-state index contributed by atoms with van der Waals surface area (Å²) in [5, 5.41) is 6.07. The molecule has 4 aliphatic rings. The van der Waals surface area contributed by atoms with Crippen molar-refractivity contribution in [3.63, 3.8) is 0 Å². The number of alkyl halides is 3. The molecule has 11 heteroatoms. The first-order valence-electron chi connectivity index (χ1n) is 9.88. The molecule has 0 heterocycles. The molecule has 1 aromatic rings. The molecule has 0 spiro atoms. The number of Topliss-reactive ketones (excluding diaryl/α,β-unsaturated/α-hetero) is 1. The monoisotopic (exact) mass is 464 g/mol. The lowest BCUT2D eigenvalue weighted by Crippen LogP contribution is -2.83. The smallest absolute Gasteiger partial charge is 0.484 e. The molecule has 1 aromatic carbocycles. The minimum absolute atomic E-state index is 0.0336. The highest BCUT2D eigenvalue weighted by atomic mass is 35.5. The fourth-order valence-electron chi connectivity index (χ4n) is 4.69. The van der Waals surface area contributed by atoms with E-state index in [-0.39, 0.29) is 59.5 Å². The van der Waals surface area contributed by atoms with Gasteiger partial charge in [0.05, 0.1) is 17.7 Å². The molecule has 0 atom stereocenters. The molecule has 2 bridgehead atoms. The minimum Gasteiger partial charge on any atom is -0.484 e. The van der Waals surface area contributed by atoms with Gasteiger partial charge < -0.3 is 15.4 Å². The number of ether oxygens (including phenoxy) is 2. The Kier molecular flexibility index (Phi) is 5.68. The molecule has 2 N–H and O–H groups in total. The Morgan fingerprint density at radius 1 is 1.16 bits per heavy atom. The van der Waals surface area contributed by atoms with Crippen molar-refractivity contribution in [2.45, 2.75) is 55.6 Å². The summed E-state index contributed by atoms with van der Waals surface area (Å²) >= 11 is 5.60. The summed E-state index contributed by atoms with van der Waals surface area (Å²) < 4.78 is 59.0. The van der Waals surface area contributed by atoms with Gasteiger partial charge in [0.15, 0.2) is 6.61 Å². The van der Waals surface area contributed by atoms with E-state index in [1.54, 1.807) is 0 Å². The van der Waals surface area contributed by atoms with Gasteiger partial charge in [0.25, 0.3) is 5.91 Å². The Bertz CT molecular complexity index is 869. The number of hydrogen-bond acceptors (Lipinski definition) is 5. The van der Waals surface area contributed by atoms with Crippen LogP contribution >= 0.6 is 11.6 Å². The molecule has 1 amide bonds. The lowest BCUT2D eigenvalue weighted by Gasteiger charge is -2.70. The van der Waals surface area contributed by atoms with Crippen LogP contribution in [-0.2, 0) is 14.3 Å². The molecule has 4 saturated carbocycles. The fraction of sp³-hybridized carbons (Fsp3) is 0.600. The van der Waals surface area contributed by atoms with Crippen LogP contribution in [0.5, 0.6) is 5.75 Å². The first kappa shape index (κ1) is 22.3. The van der Waals surface area contributed by atoms with Crippen LogP contribution in [0.4, 0.5) is 17.6 Å². The largest absolute Gasteiger partial charge is 0.522 e.